The number of nitrogens with zero attached hydrogens (tertiary/aromatic N) is 1. The van der Waals surface area contributed by atoms with E-state index in [9.17, 15) is 4.79 Å². The highest BCUT2D eigenvalue weighted by atomic mass is 79.9. The number of hydrogen-bond donors (Lipinski definition) is 1. The van der Waals surface area contributed by atoms with Crippen LogP contribution in [-0.4, -0.2) is 13.0 Å². The molecular formula is C18H14Br2N2O3. The third-order valence-corrected chi connectivity index (χ3v) is 4.36. The van der Waals surface area contributed by atoms with Crippen molar-refractivity contribution >= 4 is 43.8 Å². The predicted molar refractivity (Wildman–Crippen MR) is 102 cm³/mol. The minimum Gasteiger partial charge on any atom is -0.493 e. The smallest absolute Gasteiger partial charge is 0.259 e. The summed E-state index contributed by atoms with van der Waals surface area (Å²) in [6.07, 6.45) is 1.40. The molecule has 0 aliphatic carbocycles. The number of methoxy groups -OCH3 is 1. The summed E-state index contributed by atoms with van der Waals surface area (Å²) < 4.78 is 12.8. The molecule has 0 saturated carbocycles. The van der Waals surface area contributed by atoms with Crippen LogP contribution < -0.4 is 15.2 Å². The van der Waals surface area contributed by atoms with Gasteiger partial charge in [-0.15, -0.1) is 0 Å². The summed E-state index contributed by atoms with van der Waals surface area (Å²) in [5.74, 6) is 0.216. The monoisotopic (exact) mass is 464 g/mol. The fraction of sp³-hybridized carbons (Fsp3) is 0.111. The van der Waals surface area contributed by atoms with E-state index in [1.54, 1.807) is 18.2 Å². The molecule has 0 atom stereocenters. The molecule has 0 fully saturated rings. The topological polar surface area (TPSA) is 85.3 Å². The van der Waals surface area contributed by atoms with Gasteiger partial charge in [-0.3, -0.25) is 4.79 Å². The second-order valence-electron chi connectivity index (χ2n) is 4.98. The highest BCUT2D eigenvalue weighted by molar-refractivity contribution is 9.10. The van der Waals surface area contributed by atoms with Gasteiger partial charge in [-0.25, -0.2) is 0 Å². The van der Waals surface area contributed by atoms with E-state index < -0.39 is 5.91 Å². The average molecular weight is 466 g/mol. The molecule has 25 heavy (non-hydrogen) atoms. The predicted octanol–water partition coefficient (Wildman–Crippen LogP) is 4.19. The van der Waals surface area contributed by atoms with Crippen LogP contribution in [0.25, 0.3) is 6.08 Å². The van der Waals surface area contributed by atoms with Crippen molar-refractivity contribution in [3.63, 3.8) is 0 Å². The van der Waals surface area contributed by atoms with E-state index in [4.69, 9.17) is 20.5 Å². The van der Waals surface area contributed by atoms with Crippen LogP contribution in [0.1, 0.15) is 11.1 Å². The summed E-state index contributed by atoms with van der Waals surface area (Å²) in [7, 11) is 1.51. The second kappa shape index (κ2) is 8.70. The van der Waals surface area contributed by atoms with E-state index in [2.05, 4.69) is 31.9 Å². The number of nitriles is 1. The molecule has 2 N–H and O–H groups in total. The van der Waals surface area contributed by atoms with Gasteiger partial charge in [0.1, 0.15) is 18.2 Å². The Morgan fingerprint density at radius 3 is 2.52 bits per heavy atom. The van der Waals surface area contributed by atoms with E-state index in [0.29, 0.717) is 28.1 Å². The van der Waals surface area contributed by atoms with E-state index in [1.807, 2.05) is 24.3 Å². The first-order valence-electron chi connectivity index (χ1n) is 7.11. The van der Waals surface area contributed by atoms with Crippen molar-refractivity contribution in [3.8, 4) is 17.6 Å². The van der Waals surface area contributed by atoms with Gasteiger partial charge < -0.3 is 15.2 Å². The quantitative estimate of drug-likeness (QED) is 0.511. The molecule has 0 aliphatic heterocycles. The molecule has 0 aromatic heterocycles. The Kier molecular flexibility index (Phi) is 6.62. The van der Waals surface area contributed by atoms with Gasteiger partial charge in [0.2, 0.25) is 0 Å². The lowest BCUT2D eigenvalue weighted by Crippen LogP contribution is -2.12. The first-order valence-corrected chi connectivity index (χ1v) is 8.69. The van der Waals surface area contributed by atoms with Crippen molar-refractivity contribution in [2.24, 2.45) is 5.73 Å². The van der Waals surface area contributed by atoms with E-state index >= 15 is 0 Å². The van der Waals surface area contributed by atoms with Crippen LogP contribution in [0.4, 0.5) is 0 Å². The summed E-state index contributed by atoms with van der Waals surface area (Å²) in [6.45, 7) is 0.363. The van der Waals surface area contributed by atoms with Crippen LogP contribution in [0, 0.1) is 11.3 Å². The minimum atomic E-state index is -0.784. The van der Waals surface area contributed by atoms with Crippen molar-refractivity contribution in [2.75, 3.05) is 7.11 Å². The summed E-state index contributed by atoms with van der Waals surface area (Å²) in [6, 6.07) is 12.9. The number of rotatable bonds is 6. The Hall–Kier alpha value is -2.30. The molecule has 0 unspecified atom stereocenters. The lowest BCUT2D eigenvalue weighted by Gasteiger charge is -2.14. The molecule has 2 aromatic rings. The van der Waals surface area contributed by atoms with Gasteiger partial charge in [0.05, 0.1) is 11.6 Å². The molecule has 7 heteroatoms. The number of benzene rings is 2. The molecule has 0 radical (unpaired) electrons. The molecule has 0 aliphatic rings. The molecule has 0 bridgehead atoms. The van der Waals surface area contributed by atoms with Crippen LogP contribution in [0.5, 0.6) is 11.5 Å². The second-order valence-corrected chi connectivity index (χ2v) is 6.75. The van der Waals surface area contributed by atoms with Crippen molar-refractivity contribution in [1.82, 2.24) is 0 Å². The minimum absolute atomic E-state index is 0.141. The molecule has 5 nitrogen and oxygen atoms in total. The third kappa shape index (κ3) is 5.08. The summed E-state index contributed by atoms with van der Waals surface area (Å²) in [5.41, 5.74) is 6.61. The lowest BCUT2D eigenvalue weighted by atomic mass is 10.1. The summed E-state index contributed by atoms with van der Waals surface area (Å²) in [4.78, 5) is 11.2. The highest BCUT2D eigenvalue weighted by Gasteiger charge is 2.13. The number of ether oxygens (including phenoxy) is 2. The Bertz CT molecular complexity index is 856. The Balaban J connectivity index is 2.29. The molecule has 0 heterocycles. The zero-order valence-corrected chi connectivity index (χ0v) is 16.4. The normalized spacial score (nSPS) is 10.9. The SMILES string of the molecule is COc1cc(C=C(C#N)C(N)=O)cc(Br)c1OCc1ccc(Br)cc1. The molecule has 128 valence electrons. The lowest BCUT2D eigenvalue weighted by molar-refractivity contribution is -0.114. The van der Waals surface area contributed by atoms with Gasteiger partial charge in [0.25, 0.3) is 5.91 Å². The van der Waals surface area contributed by atoms with Gasteiger partial charge in [-0.2, -0.15) is 5.26 Å². The Morgan fingerprint density at radius 1 is 1.28 bits per heavy atom. The van der Waals surface area contributed by atoms with Crippen LogP contribution in [-0.2, 0) is 11.4 Å². The summed E-state index contributed by atoms with van der Waals surface area (Å²) >= 11 is 6.82. The summed E-state index contributed by atoms with van der Waals surface area (Å²) in [5, 5.41) is 8.95. The van der Waals surface area contributed by atoms with Gasteiger partial charge >= 0.3 is 0 Å². The number of halogens is 2. The Morgan fingerprint density at radius 2 is 1.96 bits per heavy atom. The molecule has 2 rings (SSSR count). The molecular weight excluding hydrogens is 452 g/mol. The van der Waals surface area contributed by atoms with Crippen molar-refractivity contribution in [2.45, 2.75) is 6.61 Å². The number of hydrogen-bond acceptors (Lipinski definition) is 4. The Labute approximate surface area is 162 Å². The fourth-order valence-corrected chi connectivity index (χ4v) is 2.86. The zero-order chi connectivity index (χ0) is 18.4. The number of carbonyl (C=O) groups is 1. The van der Waals surface area contributed by atoms with Gasteiger partial charge in [0, 0.05) is 4.47 Å². The van der Waals surface area contributed by atoms with E-state index in [-0.39, 0.29) is 5.57 Å². The van der Waals surface area contributed by atoms with Gasteiger partial charge in [-0.05, 0) is 57.4 Å². The van der Waals surface area contributed by atoms with E-state index in [0.717, 1.165) is 10.0 Å². The average Bonchev–Trinajstić information content (AvgIpc) is 2.59. The number of amides is 1. The number of carbonyl (C=O) groups excluding carboxylic acids is 1. The van der Waals surface area contributed by atoms with Crippen LogP contribution in [0.2, 0.25) is 0 Å². The maximum atomic E-state index is 11.2. The van der Waals surface area contributed by atoms with Gasteiger partial charge in [0.15, 0.2) is 11.5 Å². The zero-order valence-electron chi connectivity index (χ0n) is 13.3. The molecule has 0 saturated heterocycles. The molecule has 2 aromatic carbocycles. The van der Waals surface area contributed by atoms with Crippen molar-refractivity contribution < 1.29 is 14.3 Å². The maximum Gasteiger partial charge on any atom is 0.259 e. The highest BCUT2D eigenvalue weighted by Crippen LogP contribution is 2.37. The van der Waals surface area contributed by atoms with Crippen LogP contribution >= 0.6 is 31.9 Å². The first kappa shape index (κ1) is 19.0. The largest absolute Gasteiger partial charge is 0.493 e. The third-order valence-electron chi connectivity index (χ3n) is 3.25. The molecule has 1 amide bonds. The van der Waals surface area contributed by atoms with Gasteiger partial charge in [-0.1, -0.05) is 28.1 Å². The standard InChI is InChI=1S/C18H14Br2N2O3/c1-24-16-8-12(6-13(9-21)18(22)23)7-15(20)17(16)25-10-11-2-4-14(19)5-3-11/h2-8H,10H2,1H3,(H2,22,23). The number of nitrogens with two attached hydrogens (primary N) is 1. The first-order chi connectivity index (χ1) is 11.9. The maximum absolute atomic E-state index is 11.2. The molecule has 0 spiro atoms. The van der Waals surface area contributed by atoms with Crippen LogP contribution in [0.15, 0.2) is 50.9 Å². The number of primary amides is 1. The van der Waals surface area contributed by atoms with Crippen LogP contribution in [0.3, 0.4) is 0 Å². The van der Waals surface area contributed by atoms with Crippen molar-refractivity contribution in [3.05, 3.63) is 62.0 Å². The fourth-order valence-electron chi connectivity index (χ4n) is 2.02. The van der Waals surface area contributed by atoms with E-state index in [1.165, 1.54) is 13.2 Å². The van der Waals surface area contributed by atoms with Crippen molar-refractivity contribution in [1.29, 1.82) is 5.26 Å².